The van der Waals surface area contributed by atoms with Crippen molar-refractivity contribution in [2.75, 3.05) is 0 Å². The molecular formula is C3F6O3. The van der Waals surface area contributed by atoms with Crippen LogP contribution in [0.5, 0.6) is 0 Å². The molecule has 0 aromatic rings. The number of hydrogen-bond acceptors (Lipinski definition) is 3. The van der Waals surface area contributed by atoms with Crippen molar-refractivity contribution in [2.45, 2.75) is 18.9 Å². The molecule has 1 saturated heterocycles. The highest BCUT2D eigenvalue weighted by Gasteiger charge is 2.64. The average molecular weight is 198 g/mol. The summed E-state index contributed by atoms with van der Waals surface area (Å²) < 4.78 is 77.5. The van der Waals surface area contributed by atoms with Crippen LogP contribution in [0.4, 0.5) is 26.3 Å². The van der Waals surface area contributed by atoms with Gasteiger partial charge in [-0.2, -0.15) is 0 Å². The number of rotatable bonds is 0. The van der Waals surface area contributed by atoms with Crippen LogP contribution in [0.15, 0.2) is 0 Å². The van der Waals surface area contributed by atoms with Gasteiger partial charge in [0, 0.05) is 0 Å². The van der Waals surface area contributed by atoms with Gasteiger partial charge in [-0.15, -0.1) is 26.3 Å². The highest BCUT2D eigenvalue weighted by Crippen LogP contribution is 2.42. The Morgan fingerprint density at radius 2 is 0.667 bits per heavy atom. The molecule has 0 bridgehead atoms. The molecule has 0 N–H and O–H groups in total. The molecule has 9 heteroatoms. The molecule has 3 nitrogen and oxygen atoms in total. The summed E-state index contributed by atoms with van der Waals surface area (Å²) in [6.07, 6.45) is -15.2. The number of halogens is 6. The van der Waals surface area contributed by atoms with Crippen LogP contribution in [0.2, 0.25) is 0 Å². The molecule has 1 aliphatic rings. The summed E-state index contributed by atoms with van der Waals surface area (Å²) in [6, 6.07) is 0. The smallest absolute Gasteiger partial charge is 0.204 e. The Bertz CT molecular complexity index is 145. The molecule has 0 amide bonds. The third-order valence-corrected chi connectivity index (χ3v) is 0.713. The third-order valence-electron chi connectivity index (χ3n) is 0.713. The van der Waals surface area contributed by atoms with E-state index in [0.29, 0.717) is 0 Å². The largest absolute Gasteiger partial charge is 0.498 e. The highest BCUT2D eigenvalue weighted by atomic mass is 19.3. The van der Waals surface area contributed by atoms with E-state index in [1.165, 1.54) is 0 Å². The lowest BCUT2D eigenvalue weighted by molar-refractivity contribution is -0.668. The van der Waals surface area contributed by atoms with Crippen molar-refractivity contribution in [3.8, 4) is 0 Å². The lowest BCUT2D eigenvalue weighted by Gasteiger charge is -2.31. The van der Waals surface area contributed by atoms with Crippen molar-refractivity contribution in [1.29, 1.82) is 0 Å². The Labute approximate surface area is 60.8 Å². The van der Waals surface area contributed by atoms with Crippen LogP contribution in [0.1, 0.15) is 0 Å². The van der Waals surface area contributed by atoms with Gasteiger partial charge in [-0.25, -0.2) is 14.2 Å². The fourth-order valence-corrected chi connectivity index (χ4v) is 0.477. The van der Waals surface area contributed by atoms with Gasteiger partial charge >= 0.3 is 18.9 Å². The van der Waals surface area contributed by atoms with E-state index < -0.39 is 18.9 Å². The van der Waals surface area contributed by atoms with Crippen molar-refractivity contribution in [1.82, 2.24) is 0 Å². The molecule has 0 atom stereocenters. The van der Waals surface area contributed by atoms with Crippen molar-refractivity contribution in [3.63, 3.8) is 0 Å². The number of hydrogen-bond donors (Lipinski definition) is 0. The predicted molar refractivity (Wildman–Crippen MR) is 18.1 cm³/mol. The minimum absolute atomic E-state index is 2.41. The Morgan fingerprint density at radius 3 is 0.833 bits per heavy atom. The van der Waals surface area contributed by atoms with Crippen LogP contribution in [-0.2, 0) is 14.2 Å². The van der Waals surface area contributed by atoms with E-state index in [1.54, 1.807) is 0 Å². The monoisotopic (exact) mass is 198 g/mol. The summed E-state index contributed by atoms with van der Waals surface area (Å²) in [4.78, 5) is 0. The SMILES string of the molecule is FC1(F)OC(F)(F)OC(F)(F)O1. The summed E-state index contributed by atoms with van der Waals surface area (Å²) in [6.45, 7) is 0. The van der Waals surface area contributed by atoms with E-state index in [1.807, 2.05) is 0 Å². The molecule has 0 saturated carbocycles. The second-order valence-corrected chi connectivity index (χ2v) is 1.70. The second kappa shape index (κ2) is 2.24. The molecule has 12 heavy (non-hydrogen) atoms. The fourth-order valence-electron chi connectivity index (χ4n) is 0.477. The number of ether oxygens (including phenoxy) is 3. The minimum atomic E-state index is -5.08. The Kier molecular flexibility index (Phi) is 1.78. The van der Waals surface area contributed by atoms with Gasteiger partial charge in [-0.3, -0.25) is 0 Å². The average Bonchev–Trinajstić information content (AvgIpc) is 1.44. The van der Waals surface area contributed by atoms with Gasteiger partial charge in [0.25, 0.3) is 0 Å². The van der Waals surface area contributed by atoms with Crippen molar-refractivity contribution in [3.05, 3.63) is 0 Å². The summed E-state index contributed by atoms with van der Waals surface area (Å²) in [5, 5.41) is 0. The second-order valence-electron chi connectivity index (χ2n) is 1.70. The highest BCUT2D eigenvalue weighted by molar-refractivity contribution is 4.50. The molecule has 1 fully saturated rings. The van der Waals surface area contributed by atoms with Crippen LogP contribution >= 0.6 is 0 Å². The van der Waals surface area contributed by atoms with E-state index in [9.17, 15) is 26.3 Å². The van der Waals surface area contributed by atoms with Gasteiger partial charge < -0.3 is 0 Å². The summed E-state index contributed by atoms with van der Waals surface area (Å²) in [5.74, 6) is 0. The Morgan fingerprint density at radius 1 is 0.500 bits per heavy atom. The van der Waals surface area contributed by atoms with Gasteiger partial charge in [0.05, 0.1) is 0 Å². The molecular weight excluding hydrogens is 198 g/mol. The normalized spacial score (nSPS) is 31.5. The topological polar surface area (TPSA) is 27.7 Å². The van der Waals surface area contributed by atoms with Gasteiger partial charge in [0.1, 0.15) is 0 Å². The molecule has 1 heterocycles. The molecule has 0 aromatic carbocycles. The lowest BCUT2D eigenvalue weighted by atomic mass is 11.0. The zero-order chi connectivity index (χ0) is 9.62. The first kappa shape index (κ1) is 9.55. The maximum atomic E-state index is 11.7. The van der Waals surface area contributed by atoms with E-state index >= 15 is 0 Å². The number of alkyl halides is 6. The van der Waals surface area contributed by atoms with E-state index in [0.717, 1.165) is 0 Å². The minimum Gasteiger partial charge on any atom is -0.204 e. The van der Waals surface area contributed by atoms with Crippen LogP contribution in [-0.4, -0.2) is 18.9 Å². The first-order valence-corrected chi connectivity index (χ1v) is 2.36. The van der Waals surface area contributed by atoms with Crippen molar-refractivity contribution >= 4 is 0 Å². The maximum absolute atomic E-state index is 11.7. The third kappa shape index (κ3) is 2.22. The summed E-state index contributed by atoms with van der Waals surface area (Å²) >= 11 is 0. The molecule has 0 radical (unpaired) electrons. The first-order chi connectivity index (χ1) is 5.12. The maximum Gasteiger partial charge on any atom is 0.498 e. The Hall–Kier alpha value is -0.540. The molecule has 0 aliphatic carbocycles. The fraction of sp³-hybridized carbons (Fsp3) is 1.00. The zero-order valence-electron chi connectivity index (χ0n) is 4.99. The summed E-state index contributed by atoms with van der Waals surface area (Å²) in [5.41, 5.74) is 0. The van der Waals surface area contributed by atoms with Gasteiger partial charge in [-0.05, 0) is 0 Å². The standard InChI is InChI=1S/C3F6O3/c4-1(5)10-2(6,7)12-3(8,9)11-1. The molecule has 0 aromatic heterocycles. The van der Waals surface area contributed by atoms with Gasteiger partial charge in [-0.1, -0.05) is 0 Å². The zero-order valence-corrected chi connectivity index (χ0v) is 4.99. The van der Waals surface area contributed by atoms with Gasteiger partial charge in [0.15, 0.2) is 0 Å². The predicted octanol–water partition coefficient (Wildman–Crippen LogP) is 1.70. The van der Waals surface area contributed by atoms with E-state index in [2.05, 4.69) is 14.2 Å². The first-order valence-electron chi connectivity index (χ1n) is 2.36. The van der Waals surface area contributed by atoms with Crippen LogP contribution in [0.3, 0.4) is 0 Å². The molecule has 0 spiro atoms. The lowest BCUT2D eigenvalue weighted by Crippen LogP contribution is -2.52. The molecule has 1 aliphatic heterocycles. The van der Waals surface area contributed by atoms with E-state index in [4.69, 9.17) is 0 Å². The van der Waals surface area contributed by atoms with E-state index in [-0.39, 0.29) is 0 Å². The van der Waals surface area contributed by atoms with Crippen LogP contribution in [0.25, 0.3) is 0 Å². The quantitative estimate of drug-likeness (QED) is 0.554. The van der Waals surface area contributed by atoms with Gasteiger partial charge in [0.2, 0.25) is 0 Å². The molecule has 0 unspecified atom stereocenters. The van der Waals surface area contributed by atoms with Crippen LogP contribution < -0.4 is 0 Å². The molecule has 72 valence electrons. The van der Waals surface area contributed by atoms with Crippen molar-refractivity contribution in [2.24, 2.45) is 0 Å². The van der Waals surface area contributed by atoms with Crippen molar-refractivity contribution < 1.29 is 40.6 Å². The summed E-state index contributed by atoms with van der Waals surface area (Å²) in [7, 11) is 0. The molecule has 1 rings (SSSR count). The Balaban J connectivity index is 2.81. The van der Waals surface area contributed by atoms with Crippen LogP contribution in [0, 0.1) is 0 Å².